The first-order valence-electron chi connectivity index (χ1n) is 3.43. The molecule has 0 aromatic carbocycles. The Balaban J connectivity index is 2.01. The maximum absolute atomic E-state index is 9.03. The van der Waals surface area contributed by atoms with E-state index in [0.29, 0.717) is 12.1 Å². The van der Waals surface area contributed by atoms with Gasteiger partial charge in [-0.05, 0) is 13.5 Å². The molecule has 0 aromatic rings. The minimum absolute atomic E-state index is 0.633. The van der Waals surface area contributed by atoms with E-state index in [2.05, 4.69) is 11.9 Å². The summed E-state index contributed by atoms with van der Waals surface area (Å²) in [6.07, 6.45) is 1.29. The normalized spacial score (nSPS) is 44.7. The van der Waals surface area contributed by atoms with Gasteiger partial charge in [0, 0.05) is 25.2 Å². The van der Waals surface area contributed by atoms with E-state index in [9.17, 15) is 0 Å². The second-order valence-corrected chi connectivity index (χ2v) is 3.08. The minimum atomic E-state index is 0.633. The number of rotatable bonds is 0. The van der Waals surface area contributed by atoms with Crippen LogP contribution in [-0.4, -0.2) is 47.4 Å². The van der Waals surface area contributed by atoms with Gasteiger partial charge in [-0.15, -0.1) is 0 Å². The summed E-state index contributed by atoms with van der Waals surface area (Å²) < 4.78 is 0. The summed E-state index contributed by atoms with van der Waals surface area (Å²) in [6, 6.07) is 1.27. The predicted octanol–water partition coefficient (Wildman–Crippen LogP) is -0.236. The largest absolute Gasteiger partial charge is 0.314 e. The summed E-state index contributed by atoms with van der Waals surface area (Å²) in [5, 5.41) is 10.5. The molecule has 2 unspecified atom stereocenters. The van der Waals surface area contributed by atoms with Gasteiger partial charge >= 0.3 is 0 Å². The van der Waals surface area contributed by atoms with Gasteiger partial charge in [0.15, 0.2) is 0 Å². The number of likely N-dealkylation sites (N-methyl/N-ethyl adjacent to an activating group) is 1. The van der Waals surface area contributed by atoms with Crippen molar-refractivity contribution in [2.24, 2.45) is 0 Å². The van der Waals surface area contributed by atoms with Crippen LogP contribution >= 0.6 is 0 Å². The zero-order valence-electron chi connectivity index (χ0n) is 5.62. The molecule has 9 heavy (non-hydrogen) atoms. The highest BCUT2D eigenvalue weighted by Crippen LogP contribution is 2.28. The SMILES string of the molecule is CN1C2CC1CN(O)C2. The minimum Gasteiger partial charge on any atom is -0.314 e. The van der Waals surface area contributed by atoms with Gasteiger partial charge in [0.05, 0.1) is 0 Å². The molecule has 0 amide bonds. The number of hydrogen-bond acceptors (Lipinski definition) is 3. The average Bonchev–Trinajstić information content (AvgIpc) is 1.87. The lowest BCUT2D eigenvalue weighted by Crippen LogP contribution is -2.66. The van der Waals surface area contributed by atoms with E-state index in [4.69, 9.17) is 5.21 Å². The topological polar surface area (TPSA) is 26.7 Å². The lowest BCUT2D eigenvalue weighted by molar-refractivity contribution is -0.186. The van der Waals surface area contributed by atoms with Gasteiger partial charge in [-0.3, -0.25) is 4.90 Å². The molecule has 3 fully saturated rings. The molecule has 0 aliphatic carbocycles. The molecule has 3 heterocycles. The average molecular weight is 128 g/mol. The van der Waals surface area contributed by atoms with E-state index in [1.165, 1.54) is 11.5 Å². The van der Waals surface area contributed by atoms with Crippen LogP contribution < -0.4 is 0 Å². The van der Waals surface area contributed by atoms with E-state index >= 15 is 0 Å². The molecule has 1 N–H and O–H groups in total. The first-order valence-corrected chi connectivity index (χ1v) is 3.43. The van der Waals surface area contributed by atoms with Crippen LogP contribution in [0.2, 0.25) is 0 Å². The fourth-order valence-electron chi connectivity index (χ4n) is 1.77. The molecular formula is C6H12N2O. The smallest absolute Gasteiger partial charge is 0.0395 e. The maximum atomic E-state index is 9.03. The molecule has 0 radical (unpaired) electrons. The van der Waals surface area contributed by atoms with Gasteiger partial charge < -0.3 is 5.21 Å². The van der Waals surface area contributed by atoms with Crippen LogP contribution in [-0.2, 0) is 0 Å². The molecule has 3 saturated heterocycles. The molecular weight excluding hydrogens is 116 g/mol. The molecule has 3 aliphatic heterocycles. The summed E-state index contributed by atoms with van der Waals surface area (Å²) in [6.45, 7) is 1.68. The van der Waals surface area contributed by atoms with Gasteiger partial charge in [-0.2, -0.15) is 5.06 Å². The van der Waals surface area contributed by atoms with Gasteiger partial charge in [-0.1, -0.05) is 0 Å². The molecule has 3 aliphatic rings. The molecule has 2 atom stereocenters. The van der Waals surface area contributed by atoms with Crippen molar-refractivity contribution in [1.82, 2.24) is 9.96 Å². The van der Waals surface area contributed by atoms with E-state index < -0.39 is 0 Å². The van der Waals surface area contributed by atoms with Gasteiger partial charge in [-0.25, -0.2) is 0 Å². The van der Waals surface area contributed by atoms with Crippen molar-refractivity contribution in [3.05, 3.63) is 0 Å². The lowest BCUT2D eigenvalue weighted by atomic mass is 9.90. The fourth-order valence-corrected chi connectivity index (χ4v) is 1.77. The summed E-state index contributed by atoms with van der Waals surface area (Å²) in [7, 11) is 2.13. The number of piperidine rings is 1. The van der Waals surface area contributed by atoms with E-state index in [1.807, 2.05) is 0 Å². The van der Waals surface area contributed by atoms with Crippen LogP contribution in [0.5, 0.6) is 0 Å². The van der Waals surface area contributed by atoms with E-state index in [1.54, 1.807) is 0 Å². The fraction of sp³-hybridized carbons (Fsp3) is 1.00. The number of hydrogen-bond donors (Lipinski definition) is 1. The Morgan fingerprint density at radius 3 is 2.22 bits per heavy atom. The van der Waals surface area contributed by atoms with Crippen molar-refractivity contribution in [1.29, 1.82) is 0 Å². The number of piperazine rings is 1. The monoisotopic (exact) mass is 128 g/mol. The second-order valence-electron chi connectivity index (χ2n) is 3.08. The maximum Gasteiger partial charge on any atom is 0.0395 e. The second kappa shape index (κ2) is 1.68. The Hall–Kier alpha value is -0.120. The Kier molecular flexibility index (Phi) is 1.06. The molecule has 3 heteroatoms. The standard InChI is InChI=1S/C6H12N2O/c1-7-5-2-6(7)4-8(9)3-5/h5-6,9H,2-4H2,1H3. The van der Waals surface area contributed by atoms with Gasteiger partial charge in [0.25, 0.3) is 0 Å². The van der Waals surface area contributed by atoms with Crippen LogP contribution in [0.25, 0.3) is 0 Å². The highest BCUT2D eigenvalue weighted by molar-refractivity contribution is 4.96. The zero-order valence-corrected chi connectivity index (χ0v) is 5.62. The van der Waals surface area contributed by atoms with Crippen molar-refractivity contribution in [3.8, 4) is 0 Å². The first kappa shape index (κ1) is 5.65. The van der Waals surface area contributed by atoms with Crippen molar-refractivity contribution < 1.29 is 5.21 Å². The van der Waals surface area contributed by atoms with Crippen molar-refractivity contribution in [3.63, 3.8) is 0 Å². The van der Waals surface area contributed by atoms with Crippen LogP contribution in [0, 0.1) is 0 Å². The third-order valence-electron chi connectivity index (χ3n) is 2.54. The quantitative estimate of drug-likeness (QED) is 0.488. The predicted molar refractivity (Wildman–Crippen MR) is 33.3 cm³/mol. The summed E-state index contributed by atoms with van der Waals surface area (Å²) in [5.41, 5.74) is 0. The summed E-state index contributed by atoms with van der Waals surface area (Å²) in [5.74, 6) is 0. The highest BCUT2D eigenvalue weighted by atomic mass is 16.5. The molecule has 0 saturated carbocycles. The number of hydroxylamine groups is 2. The molecule has 3 nitrogen and oxygen atoms in total. The van der Waals surface area contributed by atoms with Crippen LogP contribution in [0.3, 0.4) is 0 Å². The number of nitrogens with zero attached hydrogens (tertiary/aromatic N) is 2. The van der Waals surface area contributed by atoms with Crippen LogP contribution in [0.4, 0.5) is 0 Å². The van der Waals surface area contributed by atoms with Crippen LogP contribution in [0.15, 0.2) is 0 Å². The molecule has 0 spiro atoms. The summed E-state index contributed by atoms with van der Waals surface area (Å²) >= 11 is 0. The van der Waals surface area contributed by atoms with Gasteiger partial charge in [0.2, 0.25) is 0 Å². The Labute approximate surface area is 54.8 Å². The van der Waals surface area contributed by atoms with Crippen molar-refractivity contribution >= 4 is 0 Å². The van der Waals surface area contributed by atoms with E-state index in [0.717, 1.165) is 13.1 Å². The highest BCUT2D eigenvalue weighted by Gasteiger charge is 2.41. The third-order valence-corrected chi connectivity index (χ3v) is 2.54. The number of fused-ring (bicyclic) bond motifs is 2. The Bertz CT molecular complexity index is 116. The summed E-state index contributed by atoms with van der Waals surface area (Å²) in [4.78, 5) is 2.34. The lowest BCUT2D eigenvalue weighted by Gasteiger charge is -2.53. The molecule has 0 aromatic heterocycles. The third kappa shape index (κ3) is 0.689. The molecule has 52 valence electrons. The Morgan fingerprint density at radius 1 is 1.33 bits per heavy atom. The molecule has 3 rings (SSSR count). The van der Waals surface area contributed by atoms with Crippen molar-refractivity contribution in [2.75, 3.05) is 20.1 Å². The zero-order chi connectivity index (χ0) is 6.43. The van der Waals surface area contributed by atoms with E-state index in [-0.39, 0.29) is 0 Å². The molecule has 2 bridgehead atoms. The van der Waals surface area contributed by atoms with Crippen molar-refractivity contribution in [2.45, 2.75) is 18.5 Å². The van der Waals surface area contributed by atoms with Crippen LogP contribution in [0.1, 0.15) is 6.42 Å². The van der Waals surface area contributed by atoms with Gasteiger partial charge in [0.1, 0.15) is 0 Å². The first-order chi connectivity index (χ1) is 4.27. The Morgan fingerprint density at radius 2 is 1.89 bits per heavy atom.